The maximum absolute atomic E-state index is 12.7. The molecule has 2 amide bonds. The van der Waals surface area contributed by atoms with Crippen molar-refractivity contribution in [2.24, 2.45) is 5.92 Å². The number of nitrogens with one attached hydrogen (secondary N) is 1. The number of carbonyl (C=O) groups excluding carboxylic acids is 3. The third-order valence-electron chi connectivity index (χ3n) is 4.75. The van der Waals surface area contributed by atoms with Gasteiger partial charge in [-0.15, -0.1) is 0 Å². The molecule has 1 aromatic heterocycles. The minimum atomic E-state index is -0.442. The molecule has 1 N–H and O–H groups in total. The van der Waals surface area contributed by atoms with Gasteiger partial charge >= 0.3 is 5.97 Å². The fourth-order valence-corrected chi connectivity index (χ4v) is 3.24. The van der Waals surface area contributed by atoms with Crippen molar-refractivity contribution in [1.29, 1.82) is 0 Å². The molecule has 2 aromatic rings. The van der Waals surface area contributed by atoms with Crippen molar-refractivity contribution in [2.45, 2.75) is 19.8 Å². The highest BCUT2D eigenvalue weighted by Gasteiger charge is 2.23. The molecule has 7 heteroatoms. The molecule has 0 bridgehead atoms. The van der Waals surface area contributed by atoms with Crippen LogP contribution in [-0.2, 0) is 4.74 Å². The van der Waals surface area contributed by atoms with Gasteiger partial charge in [-0.1, -0.05) is 6.92 Å². The highest BCUT2D eigenvalue weighted by molar-refractivity contribution is 6.05. The Kier molecular flexibility index (Phi) is 6.03. The first-order chi connectivity index (χ1) is 13.5. The molecule has 0 spiro atoms. The molecule has 1 saturated heterocycles. The van der Waals surface area contributed by atoms with Crippen LogP contribution in [0.15, 0.2) is 42.6 Å². The van der Waals surface area contributed by atoms with Crippen LogP contribution >= 0.6 is 0 Å². The van der Waals surface area contributed by atoms with E-state index < -0.39 is 5.97 Å². The number of amides is 2. The van der Waals surface area contributed by atoms with Crippen LogP contribution in [0.5, 0.6) is 0 Å². The number of piperidine rings is 1. The standard InChI is InChI=1S/C21H23N3O4/c1-14-4-3-11-24(13-14)20(26)18-12-16(9-10-22-18)19(25)23-17-7-5-15(6-8-17)21(27)28-2/h5-10,12,14H,3-4,11,13H2,1-2H3,(H,23,25). The van der Waals surface area contributed by atoms with Crippen LogP contribution < -0.4 is 5.32 Å². The molecular formula is C21H23N3O4. The summed E-state index contributed by atoms with van der Waals surface area (Å²) in [5, 5.41) is 2.75. The summed E-state index contributed by atoms with van der Waals surface area (Å²) in [5.41, 5.74) is 1.54. The number of hydrogen-bond acceptors (Lipinski definition) is 5. The van der Waals surface area contributed by atoms with Crippen LogP contribution in [0.3, 0.4) is 0 Å². The molecule has 0 aliphatic carbocycles. The maximum atomic E-state index is 12.7. The molecule has 1 fully saturated rings. The van der Waals surface area contributed by atoms with Crippen molar-refractivity contribution in [2.75, 3.05) is 25.5 Å². The van der Waals surface area contributed by atoms with E-state index in [-0.39, 0.29) is 17.5 Å². The number of methoxy groups -OCH3 is 1. The number of likely N-dealkylation sites (tertiary alicyclic amines) is 1. The molecule has 0 saturated carbocycles. The van der Waals surface area contributed by atoms with Crippen LogP contribution in [0.25, 0.3) is 0 Å². The lowest BCUT2D eigenvalue weighted by Crippen LogP contribution is -2.39. The highest BCUT2D eigenvalue weighted by atomic mass is 16.5. The lowest BCUT2D eigenvalue weighted by atomic mass is 10.00. The summed E-state index contributed by atoms with van der Waals surface area (Å²) in [7, 11) is 1.31. The monoisotopic (exact) mass is 381 g/mol. The average molecular weight is 381 g/mol. The normalized spacial score (nSPS) is 16.4. The van der Waals surface area contributed by atoms with Gasteiger partial charge in [0.2, 0.25) is 0 Å². The molecule has 2 heterocycles. The quantitative estimate of drug-likeness (QED) is 0.823. The predicted molar refractivity (Wildman–Crippen MR) is 104 cm³/mol. The predicted octanol–water partition coefficient (Wildman–Crippen LogP) is 2.99. The van der Waals surface area contributed by atoms with Gasteiger partial charge in [0.1, 0.15) is 5.69 Å². The Morgan fingerprint density at radius 1 is 1.14 bits per heavy atom. The summed E-state index contributed by atoms with van der Waals surface area (Å²) in [6.07, 6.45) is 3.57. The van der Waals surface area contributed by atoms with Crippen molar-refractivity contribution in [3.05, 3.63) is 59.4 Å². The third kappa shape index (κ3) is 4.54. The number of carbonyl (C=O) groups is 3. The molecule has 7 nitrogen and oxygen atoms in total. The van der Waals surface area contributed by atoms with Crippen LogP contribution in [0.4, 0.5) is 5.69 Å². The Hall–Kier alpha value is -3.22. The smallest absolute Gasteiger partial charge is 0.337 e. The maximum Gasteiger partial charge on any atom is 0.337 e. The van der Waals surface area contributed by atoms with Crippen molar-refractivity contribution in [3.8, 4) is 0 Å². The largest absolute Gasteiger partial charge is 0.465 e. The van der Waals surface area contributed by atoms with Crippen molar-refractivity contribution < 1.29 is 19.1 Å². The second-order valence-electron chi connectivity index (χ2n) is 6.95. The molecule has 1 aliphatic rings. The number of esters is 1. The Bertz CT molecular complexity index is 879. The second-order valence-corrected chi connectivity index (χ2v) is 6.95. The van der Waals surface area contributed by atoms with E-state index in [1.54, 1.807) is 35.2 Å². The van der Waals surface area contributed by atoms with E-state index in [9.17, 15) is 14.4 Å². The highest BCUT2D eigenvalue weighted by Crippen LogP contribution is 2.18. The van der Waals surface area contributed by atoms with Gasteiger partial charge in [-0.2, -0.15) is 0 Å². The minimum absolute atomic E-state index is 0.149. The van der Waals surface area contributed by atoms with Crippen molar-refractivity contribution >= 4 is 23.5 Å². The van der Waals surface area contributed by atoms with Gasteiger partial charge < -0.3 is 15.0 Å². The number of aromatic nitrogens is 1. The summed E-state index contributed by atoms with van der Waals surface area (Å²) in [4.78, 5) is 42.6. The Labute approximate surface area is 163 Å². The summed E-state index contributed by atoms with van der Waals surface area (Å²) in [6.45, 7) is 3.56. The van der Waals surface area contributed by atoms with E-state index in [0.717, 1.165) is 12.8 Å². The first-order valence-electron chi connectivity index (χ1n) is 9.23. The summed E-state index contributed by atoms with van der Waals surface area (Å²) in [6, 6.07) is 9.45. The molecule has 1 unspecified atom stereocenters. The number of benzene rings is 1. The lowest BCUT2D eigenvalue weighted by Gasteiger charge is -2.30. The molecular weight excluding hydrogens is 358 g/mol. The first-order valence-corrected chi connectivity index (χ1v) is 9.23. The summed E-state index contributed by atoms with van der Waals surface area (Å²) < 4.78 is 4.65. The number of nitrogens with zero attached hydrogens (tertiary/aromatic N) is 2. The second kappa shape index (κ2) is 8.65. The van der Waals surface area contributed by atoms with Crippen LogP contribution in [0.1, 0.15) is 51.0 Å². The zero-order valence-corrected chi connectivity index (χ0v) is 16.0. The number of anilines is 1. The number of ether oxygens (including phenoxy) is 1. The fourth-order valence-electron chi connectivity index (χ4n) is 3.24. The molecule has 1 aromatic carbocycles. The molecule has 1 atom stereocenters. The van der Waals surface area contributed by atoms with E-state index in [4.69, 9.17) is 0 Å². The van der Waals surface area contributed by atoms with Crippen LogP contribution in [-0.4, -0.2) is 47.9 Å². The third-order valence-corrected chi connectivity index (χ3v) is 4.75. The Morgan fingerprint density at radius 3 is 2.57 bits per heavy atom. The molecule has 28 heavy (non-hydrogen) atoms. The Balaban J connectivity index is 1.70. The van der Waals surface area contributed by atoms with E-state index in [0.29, 0.717) is 35.8 Å². The average Bonchev–Trinajstić information content (AvgIpc) is 2.73. The van der Waals surface area contributed by atoms with Gasteiger partial charge in [-0.05, 0) is 55.2 Å². The van der Waals surface area contributed by atoms with Crippen LogP contribution in [0.2, 0.25) is 0 Å². The molecule has 1 aliphatic heterocycles. The summed E-state index contributed by atoms with van der Waals surface area (Å²) in [5.74, 6) is -0.475. The van der Waals surface area contributed by atoms with Gasteiger partial charge in [0, 0.05) is 30.5 Å². The number of pyridine rings is 1. The number of rotatable bonds is 4. The van der Waals surface area contributed by atoms with E-state index in [2.05, 4.69) is 22.0 Å². The van der Waals surface area contributed by atoms with E-state index in [1.807, 2.05) is 0 Å². The van der Waals surface area contributed by atoms with E-state index >= 15 is 0 Å². The zero-order valence-electron chi connectivity index (χ0n) is 16.0. The van der Waals surface area contributed by atoms with E-state index in [1.165, 1.54) is 19.4 Å². The van der Waals surface area contributed by atoms with Gasteiger partial charge in [-0.3, -0.25) is 14.6 Å². The fraction of sp³-hybridized carbons (Fsp3) is 0.333. The van der Waals surface area contributed by atoms with Gasteiger partial charge in [-0.25, -0.2) is 4.79 Å². The van der Waals surface area contributed by atoms with Gasteiger partial charge in [0.25, 0.3) is 11.8 Å². The molecule has 146 valence electrons. The summed E-state index contributed by atoms with van der Waals surface area (Å²) >= 11 is 0. The van der Waals surface area contributed by atoms with Crippen molar-refractivity contribution in [3.63, 3.8) is 0 Å². The minimum Gasteiger partial charge on any atom is -0.465 e. The van der Waals surface area contributed by atoms with Gasteiger partial charge in [0.05, 0.1) is 12.7 Å². The van der Waals surface area contributed by atoms with Crippen LogP contribution in [0, 0.1) is 5.92 Å². The van der Waals surface area contributed by atoms with Gasteiger partial charge in [0.15, 0.2) is 0 Å². The first kappa shape index (κ1) is 19.5. The number of hydrogen-bond donors (Lipinski definition) is 1. The topological polar surface area (TPSA) is 88.6 Å². The SMILES string of the molecule is COC(=O)c1ccc(NC(=O)c2ccnc(C(=O)N3CCCC(C)C3)c2)cc1. The molecule has 3 rings (SSSR count). The molecule has 0 radical (unpaired) electrons. The zero-order chi connectivity index (χ0) is 20.1. The lowest BCUT2D eigenvalue weighted by molar-refractivity contribution is 0.0600. The van der Waals surface area contributed by atoms with Crippen molar-refractivity contribution in [1.82, 2.24) is 9.88 Å². The Morgan fingerprint density at radius 2 is 1.89 bits per heavy atom.